The third kappa shape index (κ3) is 4.75. The van der Waals surface area contributed by atoms with E-state index in [1.807, 2.05) is 30.3 Å². The fourth-order valence-corrected chi connectivity index (χ4v) is 1.23. The van der Waals surface area contributed by atoms with E-state index in [1.165, 1.54) is 6.92 Å². The van der Waals surface area contributed by atoms with E-state index in [9.17, 15) is 4.79 Å². The fraction of sp³-hybridized carbons (Fsp3) is 0.308. The molecule has 0 heterocycles. The maximum Gasteiger partial charge on any atom is 0.303 e. The Morgan fingerprint density at radius 1 is 1.44 bits per heavy atom. The minimum atomic E-state index is -0.374. The van der Waals surface area contributed by atoms with Gasteiger partial charge in [-0.1, -0.05) is 36.9 Å². The number of benzene rings is 1. The highest BCUT2D eigenvalue weighted by Gasteiger charge is 2.07. The highest BCUT2D eigenvalue weighted by Crippen LogP contribution is 2.02. The number of hydrogen-bond donors (Lipinski definition) is 0. The van der Waals surface area contributed by atoms with Crippen LogP contribution in [0.2, 0.25) is 0 Å². The quantitative estimate of drug-likeness (QED) is 0.545. The lowest BCUT2D eigenvalue weighted by molar-refractivity contribution is -0.146. The van der Waals surface area contributed by atoms with Crippen LogP contribution in [0.25, 0.3) is 0 Å². The van der Waals surface area contributed by atoms with Crippen molar-refractivity contribution in [3.8, 4) is 0 Å². The Morgan fingerprint density at radius 2 is 2.12 bits per heavy atom. The zero-order chi connectivity index (χ0) is 11.8. The van der Waals surface area contributed by atoms with Crippen molar-refractivity contribution in [2.24, 2.45) is 0 Å². The normalized spacial score (nSPS) is 11.8. The minimum Gasteiger partial charge on any atom is -0.456 e. The molecule has 0 unspecified atom stereocenters. The standard InChI is InChI=1S/C13H16O3/c1-3-13(16-11(2)14)10-15-9-12-7-5-4-6-8-12/h3-8,13H,1,9-10H2,2H3/t13-/m0/s1. The Labute approximate surface area is 95.7 Å². The molecule has 3 heteroatoms. The second-order valence-electron chi connectivity index (χ2n) is 3.38. The van der Waals surface area contributed by atoms with Crippen LogP contribution in [0, 0.1) is 0 Å². The summed E-state index contributed by atoms with van der Waals surface area (Å²) in [5.74, 6) is -0.326. The fourth-order valence-electron chi connectivity index (χ4n) is 1.23. The predicted octanol–water partition coefficient (Wildman–Crippen LogP) is 2.32. The van der Waals surface area contributed by atoms with Crippen molar-refractivity contribution in [1.29, 1.82) is 0 Å². The van der Waals surface area contributed by atoms with Crippen LogP contribution < -0.4 is 0 Å². The first-order valence-corrected chi connectivity index (χ1v) is 5.14. The molecule has 1 atom stereocenters. The van der Waals surface area contributed by atoms with E-state index in [-0.39, 0.29) is 12.1 Å². The van der Waals surface area contributed by atoms with Crippen molar-refractivity contribution >= 4 is 5.97 Å². The van der Waals surface area contributed by atoms with Gasteiger partial charge in [0.25, 0.3) is 0 Å². The molecule has 0 spiro atoms. The second kappa shape index (κ2) is 6.80. The van der Waals surface area contributed by atoms with Crippen molar-refractivity contribution in [1.82, 2.24) is 0 Å². The van der Waals surface area contributed by atoms with Crippen LogP contribution >= 0.6 is 0 Å². The number of ether oxygens (including phenoxy) is 2. The first kappa shape index (κ1) is 12.5. The molecule has 0 fully saturated rings. The molecule has 0 bridgehead atoms. The molecule has 0 N–H and O–H groups in total. The van der Waals surface area contributed by atoms with Gasteiger partial charge in [-0.05, 0) is 11.6 Å². The van der Waals surface area contributed by atoms with Crippen LogP contribution in [0.15, 0.2) is 43.0 Å². The monoisotopic (exact) mass is 220 g/mol. The molecule has 0 aliphatic rings. The van der Waals surface area contributed by atoms with Crippen LogP contribution in [0.4, 0.5) is 0 Å². The van der Waals surface area contributed by atoms with E-state index in [1.54, 1.807) is 6.08 Å². The molecule has 0 amide bonds. The van der Waals surface area contributed by atoms with Gasteiger partial charge in [-0.15, -0.1) is 0 Å². The van der Waals surface area contributed by atoms with Gasteiger partial charge in [0.15, 0.2) is 0 Å². The molecule has 1 aromatic carbocycles. The summed E-state index contributed by atoms with van der Waals surface area (Å²) in [5.41, 5.74) is 1.09. The van der Waals surface area contributed by atoms with Crippen LogP contribution in [0.1, 0.15) is 12.5 Å². The second-order valence-corrected chi connectivity index (χ2v) is 3.38. The molecule has 0 aliphatic heterocycles. The van der Waals surface area contributed by atoms with E-state index in [0.29, 0.717) is 13.2 Å². The van der Waals surface area contributed by atoms with Gasteiger partial charge in [-0.3, -0.25) is 4.79 Å². The lowest BCUT2D eigenvalue weighted by atomic mass is 10.2. The lowest BCUT2D eigenvalue weighted by Crippen LogP contribution is -2.19. The molecule has 86 valence electrons. The van der Waals surface area contributed by atoms with E-state index in [2.05, 4.69) is 6.58 Å². The zero-order valence-corrected chi connectivity index (χ0v) is 9.39. The minimum absolute atomic E-state index is 0.326. The maximum absolute atomic E-state index is 10.7. The van der Waals surface area contributed by atoms with Gasteiger partial charge in [-0.25, -0.2) is 0 Å². The molecular weight excluding hydrogens is 204 g/mol. The van der Waals surface area contributed by atoms with Crippen molar-refractivity contribution in [3.63, 3.8) is 0 Å². The van der Waals surface area contributed by atoms with Gasteiger partial charge in [-0.2, -0.15) is 0 Å². The number of carbonyl (C=O) groups excluding carboxylic acids is 1. The topological polar surface area (TPSA) is 35.5 Å². The number of esters is 1. The van der Waals surface area contributed by atoms with Crippen LogP contribution in [-0.4, -0.2) is 18.7 Å². The number of carbonyl (C=O) groups is 1. The molecule has 0 aromatic heterocycles. The van der Waals surface area contributed by atoms with Gasteiger partial charge in [0.2, 0.25) is 0 Å². The molecule has 3 nitrogen and oxygen atoms in total. The van der Waals surface area contributed by atoms with E-state index in [0.717, 1.165) is 5.56 Å². The van der Waals surface area contributed by atoms with E-state index in [4.69, 9.17) is 9.47 Å². The summed E-state index contributed by atoms with van der Waals surface area (Å²) < 4.78 is 10.4. The third-order valence-electron chi connectivity index (χ3n) is 1.97. The van der Waals surface area contributed by atoms with Crippen LogP contribution in [0.5, 0.6) is 0 Å². The van der Waals surface area contributed by atoms with Gasteiger partial charge in [0, 0.05) is 6.92 Å². The highest BCUT2D eigenvalue weighted by atomic mass is 16.6. The molecule has 0 saturated heterocycles. The van der Waals surface area contributed by atoms with Gasteiger partial charge in [0.1, 0.15) is 6.10 Å². The number of hydrogen-bond acceptors (Lipinski definition) is 3. The summed E-state index contributed by atoms with van der Waals surface area (Å²) in [4.78, 5) is 10.7. The third-order valence-corrected chi connectivity index (χ3v) is 1.97. The summed E-state index contributed by atoms with van der Waals surface area (Å²) in [6, 6.07) is 9.82. The predicted molar refractivity (Wildman–Crippen MR) is 61.8 cm³/mol. The SMILES string of the molecule is C=C[C@@H](COCc1ccccc1)OC(C)=O. The molecule has 0 aliphatic carbocycles. The van der Waals surface area contributed by atoms with Crippen LogP contribution in [0.3, 0.4) is 0 Å². The molecule has 1 aromatic rings. The van der Waals surface area contributed by atoms with Crippen molar-refractivity contribution in [3.05, 3.63) is 48.6 Å². The molecule has 0 radical (unpaired) electrons. The van der Waals surface area contributed by atoms with Gasteiger partial charge >= 0.3 is 5.97 Å². The average molecular weight is 220 g/mol. The Kier molecular flexibility index (Phi) is 5.29. The Morgan fingerprint density at radius 3 is 2.69 bits per heavy atom. The Hall–Kier alpha value is -1.61. The van der Waals surface area contributed by atoms with Crippen molar-refractivity contribution in [2.75, 3.05) is 6.61 Å². The largest absolute Gasteiger partial charge is 0.456 e. The first-order valence-electron chi connectivity index (χ1n) is 5.14. The smallest absolute Gasteiger partial charge is 0.303 e. The zero-order valence-electron chi connectivity index (χ0n) is 9.39. The van der Waals surface area contributed by atoms with Gasteiger partial charge < -0.3 is 9.47 Å². The van der Waals surface area contributed by atoms with E-state index < -0.39 is 0 Å². The van der Waals surface area contributed by atoms with Gasteiger partial charge in [0.05, 0.1) is 13.2 Å². The Bertz CT molecular complexity index is 332. The number of rotatable bonds is 6. The molecule has 1 rings (SSSR count). The highest BCUT2D eigenvalue weighted by molar-refractivity contribution is 5.66. The molecule has 0 saturated carbocycles. The summed E-state index contributed by atoms with van der Waals surface area (Å²) in [5, 5.41) is 0. The average Bonchev–Trinajstić information content (AvgIpc) is 2.28. The molecule has 16 heavy (non-hydrogen) atoms. The summed E-state index contributed by atoms with van der Waals surface area (Å²) in [6.07, 6.45) is 1.19. The lowest BCUT2D eigenvalue weighted by Gasteiger charge is -2.12. The molecular formula is C13H16O3. The van der Waals surface area contributed by atoms with Crippen LogP contribution in [-0.2, 0) is 20.9 Å². The Balaban J connectivity index is 2.28. The summed E-state index contributed by atoms with van der Waals surface area (Å²) >= 11 is 0. The van der Waals surface area contributed by atoms with E-state index >= 15 is 0 Å². The maximum atomic E-state index is 10.7. The van der Waals surface area contributed by atoms with Crippen molar-refractivity contribution in [2.45, 2.75) is 19.6 Å². The summed E-state index contributed by atoms with van der Waals surface area (Å²) in [6.45, 7) is 5.79. The van der Waals surface area contributed by atoms with Crippen molar-refractivity contribution < 1.29 is 14.3 Å². The summed E-state index contributed by atoms with van der Waals surface area (Å²) in [7, 11) is 0. The first-order chi connectivity index (χ1) is 7.72.